The van der Waals surface area contributed by atoms with Crippen molar-refractivity contribution in [1.29, 1.82) is 0 Å². The maximum absolute atomic E-state index is 13.5. The molecule has 0 bridgehead atoms. The van der Waals surface area contributed by atoms with Crippen LogP contribution in [0, 0.1) is 5.92 Å². The number of fused-ring (bicyclic) bond motifs is 1. The topological polar surface area (TPSA) is 71.1 Å². The van der Waals surface area contributed by atoms with Gasteiger partial charge in [0.05, 0.1) is 13.2 Å². The molecule has 0 saturated carbocycles. The number of benzene rings is 1. The molecule has 0 spiro atoms. The molecule has 7 nitrogen and oxygen atoms in total. The van der Waals surface area contributed by atoms with Crippen molar-refractivity contribution < 1.29 is 19.1 Å². The van der Waals surface area contributed by atoms with E-state index in [9.17, 15) is 9.59 Å². The standard InChI is InChI=1S/C26H37N3O4S/c1-18(2)10-13-28(26(31)27-19(3)4)16-25(30)29-14-11-24-20(12-15-34-24)21(29)17-33-23-9-7-6-8-22(23)32-5/h6-9,12,15,18-19,21H,10-11,13-14,16-17H2,1-5H3,(H,27,31)/t21-/m1/s1. The molecule has 3 rings (SSSR count). The Morgan fingerprint density at radius 1 is 1.18 bits per heavy atom. The SMILES string of the molecule is COc1ccccc1OC[C@@H]1c2ccsc2CCN1C(=O)CN(CCC(C)C)C(=O)NC(C)C. The summed E-state index contributed by atoms with van der Waals surface area (Å²) >= 11 is 1.72. The zero-order valence-corrected chi connectivity index (χ0v) is 21.7. The van der Waals surface area contributed by atoms with E-state index in [1.165, 1.54) is 4.88 Å². The second kappa shape index (κ2) is 12.1. The molecule has 34 heavy (non-hydrogen) atoms. The summed E-state index contributed by atoms with van der Waals surface area (Å²) in [5.41, 5.74) is 1.12. The molecule has 0 fully saturated rings. The molecule has 0 aliphatic carbocycles. The molecule has 1 aromatic heterocycles. The summed E-state index contributed by atoms with van der Waals surface area (Å²) in [4.78, 5) is 31.2. The van der Waals surface area contributed by atoms with Gasteiger partial charge in [0.25, 0.3) is 0 Å². The number of rotatable bonds is 10. The third kappa shape index (κ3) is 6.65. The molecule has 1 aliphatic heterocycles. The molecule has 1 atom stereocenters. The molecule has 1 aromatic carbocycles. The summed E-state index contributed by atoms with van der Waals surface area (Å²) in [7, 11) is 1.61. The van der Waals surface area contributed by atoms with Crippen LogP contribution in [0.3, 0.4) is 0 Å². The van der Waals surface area contributed by atoms with E-state index in [4.69, 9.17) is 9.47 Å². The summed E-state index contributed by atoms with van der Waals surface area (Å²) in [5, 5.41) is 5.01. The average Bonchev–Trinajstić information content (AvgIpc) is 3.28. The highest BCUT2D eigenvalue weighted by Gasteiger charge is 2.33. The van der Waals surface area contributed by atoms with Gasteiger partial charge in [0.15, 0.2) is 11.5 Å². The number of thiophene rings is 1. The van der Waals surface area contributed by atoms with Crippen LogP contribution in [0.4, 0.5) is 4.79 Å². The zero-order chi connectivity index (χ0) is 24.7. The van der Waals surface area contributed by atoms with Crippen LogP contribution in [0.15, 0.2) is 35.7 Å². The minimum Gasteiger partial charge on any atom is -0.493 e. The van der Waals surface area contributed by atoms with Gasteiger partial charge in [-0.25, -0.2) is 4.79 Å². The monoisotopic (exact) mass is 487 g/mol. The Morgan fingerprint density at radius 2 is 1.91 bits per heavy atom. The summed E-state index contributed by atoms with van der Waals surface area (Å²) in [6.45, 7) is 9.61. The largest absolute Gasteiger partial charge is 0.493 e. The minimum absolute atomic E-state index is 0.00880. The van der Waals surface area contributed by atoms with E-state index in [1.807, 2.05) is 43.0 Å². The number of methoxy groups -OCH3 is 1. The molecule has 186 valence electrons. The first-order valence-corrected chi connectivity index (χ1v) is 12.8. The van der Waals surface area contributed by atoms with Gasteiger partial charge < -0.3 is 24.6 Å². The van der Waals surface area contributed by atoms with Crippen LogP contribution in [-0.4, -0.2) is 61.1 Å². The van der Waals surface area contributed by atoms with Crippen LogP contribution in [0.5, 0.6) is 11.5 Å². The highest BCUT2D eigenvalue weighted by Crippen LogP contribution is 2.35. The highest BCUT2D eigenvalue weighted by atomic mass is 32.1. The van der Waals surface area contributed by atoms with Gasteiger partial charge in [-0.3, -0.25) is 4.79 Å². The Morgan fingerprint density at radius 3 is 2.59 bits per heavy atom. The van der Waals surface area contributed by atoms with Crippen molar-refractivity contribution in [3.63, 3.8) is 0 Å². The van der Waals surface area contributed by atoms with Crippen LogP contribution in [-0.2, 0) is 11.2 Å². The number of hydrogen-bond donors (Lipinski definition) is 1. The molecule has 1 N–H and O–H groups in total. The fourth-order valence-corrected chi connectivity index (χ4v) is 4.97. The zero-order valence-electron chi connectivity index (χ0n) is 20.9. The molecular weight excluding hydrogens is 450 g/mol. The molecule has 8 heteroatoms. The third-order valence-electron chi connectivity index (χ3n) is 5.88. The summed E-state index contributed by atoms with van der Waals surface area (Å²) < 4.78 is 11.6. The van der Waals surface area contributed by atoms with E-state index < -0.39 is 0 Å². The number of ether oxygens (including phenoxy) is 2. The summed E-state index contributed by atoms with van der Waals surface area (Å²) in [6, 6.07) is 9.20. The average molecular weight is 488 g/mol. The summed E-state index contributed by atoms with van der Waals surface area (Å²) in [6.07, 6.45) is 1.65. The normalized spacial score (nSPS) is 15.3. The lowest BCUT2D eigenvalue weighted by Gasteiger charge is -2.37. The Bertz CT molecular complexity index is 959. The van der Waals surface area contributed by atoms with Crippen molar-refractivity contribution in [3.05, 3.63) is 46.2 Å². The molecule has 2 aromatic rings. The van der Waals surface area contributed by atoms with E-state index >= 15 is 0 Å². The quantitative estimate of drug-likeness (QED) is 0.526. The molecule has 0 unspecified atom stereocenters. The molecular formula is C26H37N3O4S. The van der Waals surface area contributed by atoms with Gasteiger partial charge in [-0.2, -0.15) is 0 Å². The van der Waals surface area contributed by atoms with E-state index in [0.29, 0.717) is 37.1 Å². The van der Waals surface area contributed by atoms with Gasteiger partial charge in [0, 0.05) is 24.0 Å². The number of carbonyl (C=O) groups excluding carboxylic acids is 2. The van der Waals surface area contributed by atoms with Crippen LogP contribution in [0.1, 0.15) is 50.6 Å². The van der Waals surface area contributed by atoms with Crippen molar-refractivity contribution in [2.75, 3.05) is 33.4 Å². The maximum Gasteiger partial charge on any atom is 0.318 e. The molecule has 3 amide bonds. The van der Waals surface area contributed by atoms with E-state index in [-0.39, 0.29) is 30.6 Å². The number of amides is 3. The second-order valence-corrected chi connectivity index (χ2v) is 10.3. The Labute approximate surface area is 207 Å². The molecule has 2 heterocycles. The first-order valence-electron chi connectivity index (χ1n) is 12.0. The number of nitrogens with zero attached hydrogens (tertiary/aromatic N) is 2. The second-order valence-electron chi connectivity index (χ2n) is 9.32. The van der Waals surface area contributed by atoms with Crippen molar-refractivity contribution in [2.24, 2.45) is 5.92 Å². The van der Waals surface area contributed by atoms with Gasteiger partial charge in [-0.05, 0) is 61.7 Å². The van der Waals surface area contributed by atoms with E-state index in [2.05, 4.69) is 30.6 Å². The van der Waals surface area contributed by atoms with Gasteiger partial charge >= 0.3 is 6.03 Å². The smallest absolute Gasteiger partial charge is 0.318 e. The third-order valence-corrected chi connectivity index (χ3v) is 6.88. The van der Waals surface area contributed by atoms with E-state index in [0.717, 1.165) is 18.4 Å². The Kier molecular flexibility index (Phi) is 9.21. The Balaban J connectivity index is 1.77. The van der Waals surface area contributed by atoms with Crippen molar-refractivity contribution in [2.45, 2.75) is 52.6 Å². The number of hydrogen-bond acceptors (Lipinski definition) is 5. The van der Waals surface area contributed by atoms with Gasteiger partial charge in [-0.15, -0.1) is 11.3 Å². The lowest BCUT2D eigenvalue weighted by molar-refractivity contribution is -0.135. The minimum atomic E-state index is -0.215. The van der Waals surface area contributed by atoms with Crippen LogP contribution < -0.4 is 14.8 Å². The molecule has 1 aliphatic rings. The van der Waals surface area contributed by atoms with Gasteiger partial charge in [-0.1, -0.05) is 26.0 Å². The number of urea groups is 1. The van der Waals surface area contributed by atoms with Gasteiger partial charge in [0.1, 0.15) is 13.2 Å². The van der Waals surface area contributed by atoms with Crippen LogP contribution >= 0.6 is 11.3 Å². The highest BCUT2D eigenvalue weighted by molar-refractivity contribution is 7.10. The lowest BCUT2D eigenvalue weighted by atomic mass is 10.0. The number of nitrogens with one attached hydrogen (secondary N) is 1. The fraction of sp³-hybridized carbons (Fsp3) is 0.538. The first-order chi connectivity index (χ1) is 16.3. The number of para-hydroxylation sites is 2. The Hall–Kier alpha value is -2.74. The molecule has 0 radical (unpaired) electrons. The maximum atomic E-state index is 13.5. The van der Waals surface area contributed by atoms with Crippen molar-refractivity contribution >= 4 is 23.3 Å². The predicted octanol–water partition coefficient (Wildman–Crippen LogP) is 4.73. The summed E-state index contributed by atoms with van der Waals surface area (Å²) in [5.74, 6) is 1.68. The first kappa shape index (κ1) is 25.9. The van der Waals surface area contributed by atoms with Crippen molar-refractivity contribution in [3.8, 4) is 11.5 Å². The van der Waals surface area contributed by atoms with E-state index in [1.54, 1.807) is 23.3 Å². The van der Waals surface area contributed by atoms with Crippen molar-refractivity contribution in [1.82, 2.24) is 15.1 Å². The predicted molar refractivity (Wildman–Crippen MR) is 136 cm³/mol. The van der Waals surface area contributed by atoms with Crippen LogP contribution in [0.25, 0.3) is 0 Å². The number of carbonyl (C=O) groups is 2. The lowest BCUT2D eigenvalue weighted by Crippen LogP contribution is -2.51. The molecule has 0 saturated heterocycles. The van der Waals surface area contributed by atoms with Gasteiger partial charge in [0.2, 0.25) is 5.91 Å². The van der Waals surface area contributed by atoms with Crippen LogP contribution in [0.2, 0.25) is 0 Å². The fourth-order valence-electron chi connectivity index (χ4n) is 4.04.